The Morgan fingerprint density at radius 1 is 1.67 bits per heavy atom. The molecule has 0 aliphatic heterocycles. The van der Waals surface area contributed by atoms with Gasteiger partial charge in [-0.2, -0.15) is 0 Å². The summed E-state index contributed by atoms with van der Waals surface area (Å²) in [5.41, 5.74) is 5.53. The molecule has 1 atom stereocenters. The number of carbonyl (C=O) groups is 1. The lowest BCUT2D eigenvalue weighted by molar-refractivity contribution is -0.142. The van der Waals surface area contributed by atoms with Crippen molar-refractivity contribution in [2.75, 3.05) is 7.11 Å². The summed E-state index contributed by atoms with van der Waals surface area (Å²) in [4.78, 5) is 10.8. The molecule has 1 aliphatic carbocycles. The van der Waals surface area contributed by atoms with Crippen LogP contribution in [0.3, 0.4) is 0 Å². The summed E-state index contributed by atoms with van der Waals surface area (Å²) in [6.45, 7) is 0. The normalized spacial score (nSPS) is 17.8. The Bertz CT molecular complexity index is 148. The summed E-state index contributed by atoms with van der Waals surface area (Å²) < 4.78 is 4.50. The number of rotatable bonds is 4. The first-order chi connectivity index (χ1) is 5.24. The number of nitrogens with two attached hydrogens (primary N) is 1. The van der Waals surface area contributed by atoms with Crippen molar-refractivity contribution in [2.24, 2.45) is 11.7 Å². The Morgan fingerprint density at radius 2 is 2.25 bits per heavy atom. The van der Waals surface area contributed by atoms with Crippen molar-refractivity contribution in [3.05, 3.63) is 0 Å². The average molecular weight is 194 g/mol. The largest absolute Gasteiger partial charge is 0.468 e. The third kappa shape index (κ3) is 3.93. The number of hydrogen-bond acceptors (Lipinski definition) is 3. The van der Waals surface area contributed by atoms with Gasteiger partial charge >= 0.3 is 5.97 Å². The van der Waals surface area contributed by atoms with Crippen LogP contribution in [0, 0.1) is 5.92 Å². The maximum Gasteiger partial charge on any atom is 0.322 e. The number of esters is 1. The molecule has 1 saturated carbocycles. The van der Waals surface area contributed by atoms with Crippen molar-refractivity contribution in [3.63, 3.8) is 0 Å². The van der Waals surface area contributed by atoms with E-state index in [1.807, 2.05) is 0 Å². The van der Waals surface area contributed by atoms with Gasteiger partial charge in [-0.25, -0.2) is 0 Å². The lowest BCUT2D eigenvalue weighted by Gasteiger charge is -2.07. The van der Waals surface area contributed by atoms with E-state index in [-0.39, 0.29) is 18.4 Å². The van der Waals surface area contributed by atoms with Gasteiger partial charge in [-0.15, -0.1) is 12.4 Å². The van der Waals surface area contributed by atoms with Crippen LogP contribution in [-0.4, -0.2) is 19.1 Å². The van der Waals surface area contributed by atoms with E-state index in [1.165, 1.54) is 20.0 Å². The molecule has 1 unspecified atom stereocenters. The highest BCUT2D eigenvalue weighted by atomic mass is 35.5. The molecule has 0 aromatic heterocycles. The van der Waals surface area contributed by atoms with Crippen molar-refractivity contribution >= 4 is 18.4 Å². The SMILES string of the molecule is COC(=O)C(N)CCC1CC1.Cl. The van der Waals surface area contributed by atoms with Crippen LogP contribution in [0.1, 0.15) is 25.7 Å². The van der Waals surface area contributed by atoms with Gasteiger partial charge in [0.05, 0.1) is 7.11 Å². The number of carbonyl (C=O) groups excluding carboxylic acids is 1. The molecule has 1 aliphatic rings. The first-order valence-electron chi connectivity index (χ1n) is 4.07. The quantitative estimate of drug-likeness (QED) is 0.681. The van der Waals surface area contributed by atoms with Gasteiger partial charge in [0, 0.05) is 0 Å². The molecule has 2 N–H and O–H groups in total. The molecule has 72 valence electrons. The first kappa shape index (κ1) is 11.7. The number of halogens is 1. The molecule has 1 rings (SSSR count). The number of ether oxygens (including phenoxy) is 1. The summed E-state index contributed by atoms with van der Waals surface area (Å²) in [5.74, 6) is 0.552. The second-order valence-corrected chi connectivity index (χ2v) is 3.15. The molecule has 0 spiro atoms. The van der Waals surface area contributed by atoms with Gasteiger partial charge in [0.15, 0.2) is 0 Å². The van der Waals surface area contributed by atoms with Crippen LogP contribution in [0.4, 0.5) is 0 Å². The summed E-state index contributed by atoms with van der Waals surface area (Å²) in [6, 6.07) is -0.402. The monoisotopic (exact) mass is 193 g/mol. The molecular weight excluding hydrogens is 178 g/mol. The van der Waals surface area contributed by atoms with E-state index in [0.29, 0.717) is 0 Å². The van der Waals surface area contributed by atoms with Crippen LogP contribution < -0.4 is 5.73 Å². The topological polar surface area (TPSA) is 52.3 Å². The molecule has 12 heavy (non-hydrogen) atoms. The van der Waals surface area contributed by atoms with Crippen molar-refractivity contribution < 1.29 is 9.53 Å². The summed E-state index contributed by atoms with van der Waals surface area (Å²) in [5, 5.41) is 0. The standard InChI is InChI=1S/C8H15NO2.ClH/c1-11-8(10)7(9)5-4-6-2-3-6;/h6-7H,2-5,9H2,1H3;1H. The number of methoxy groups -OCH3 is 1. The molecule has 4 heteroatoms. The average Bonchev–Trinajstić information content (AvgIpc) is 2.81. The summed E-state index contributed by atoms with van der Waals surface area (Å²) >= 11 is 0. The van der Waals surface area contributed by atoms with Gasteiger partial charge in [-0.05, 0) is 18.8 Å². The van der Waals surface area contributed by atoms with Gasteiger partial charge < -0.3 is 10.5 Å². The zero-order valence-corrected chi connectivity index (χ0v) is 8.10. The Morgan fingerprint density at radius 3 is 2.67 bits per heavy atom. The molecule has 0 saturated heterocycles. The maximum absolute atomic E-state index is 10.8. The van der Waals surface area contributed by atoms with Gasteiger partial charge in [0.2, 0.25) is 0 Å². The van der Waals surface area contributed by atoms with E-state index in [4.69, 9.17) is 5.73 Å². The molecule has 0 bridgehead atoms. The van der Waals surface area contributed by atoms with Crippen LogP contribution in [0.5, 0.6) is 0 Å². The minimum absolute atomic E-state index is 0. The van der Waals surface area contributed by atoms with Crippen LogP contribution in [-0.2, 0) is 9.53 Å². The zero-order chi connectivity index (χ0) is 8.27. The highest BCUT2D eigenvalue weighted by Gasteiger charge is 2.23. The van der Waals surface area contributed by atoms with Crippen LogP contribution in [0.25, 0.3) is 0 Å². The number of hydrogen-bond donors (Lipinski definition) is 1. The van der Waals surface area contributed by atoms with Gasteiger partial charge in [-0.3, -0.25) is 4.79 Å². The van der Waals surface area contributed by atoms with Crippen LogP contribution in [0.15, 0.2) is 0 Å². The summed E-state index contributed by atoms with van der Waals surface area (Å²) in [7, 11) is 1.37. The Kier molecular flexibility index (Phi) is 5.25. The fourth-order valence-electron chi connectivity index (χ4n) is 1.09. The Labute approximate surface area is 79.1 Å². The van der Waals surface area contributed by atoms with Crippen molar-refractivity contribution in [2.45, 2.75) is 31.7 Å². The molecule has 0 heterocycles. The second kappa shape index (κ2) is 5.38. The van der Waals surface area contributed by atoms with E-state index in [0.717, 1.165) is 18.8 Å². The van der Waals surface area contributed by atoms with E-state index in [1.54, 1.807) is 0 Å². The van der Waals surface area contributed by atoms with E-state index in [2.05, 4.69) is 4.74 Å². The zero-order valence-electron chi connectivity index (χ0n) is 7.29. The highest BCUT2D eigenvalue weighted by molar-refractivity contribution is 5.85. The third-order valence-electron chi connectivity index (χ3n) is 2.09. The van der Waals surface area contributed by atoms with Gasteiger partial charge in [0.25, 0.3) is 0 Å². The molecule has 1 fully saturated rings. The van der Waals surface area contributed by atoms with E-state index >= 15 is 0 Å². The predicted octanol–water partition coefficient (Wildman–Crippen LogP) is 1.10. The minimum atomic E-state index is -0.402. The highest BCUT2D eigenvalue weighted by Crippen LogP contribution is 2.33. The molecule has 0 amide bonds. The maximum atomic E-state index is 10.8. The van der Waals surface area contributed by atoms with Gasteiger partial charge in [-0.1, -0.05) is 12.8 Å². The van der Waals surface area contributed by atoms with E-state index < -0.39 is 6.04 Å². The molecule has 0 radical (unpaired) electrons. The lowest BCUT2D eigenvalue weighted by atomic mass is 10.1. The lowest BCUT2D eigenvalue weighted by Crippen LogP contribution is -2.31. The molecule has 0 aromatic carbocycles. The van der Waals surface area contributed by atoms with Gasteiger partial charge in [0.1, 0.15) is 6.04 Å². The predicted molar refractivity (Wildman–Crippen MR) is 49.2 cm³/mol. The Balaban J connectivity index is 0.00000121. The molecular formula is C8H16ClNO2. The molecule has 0 aromatic rings. The third-order valence-corrected chi connectivity index (χ3v) is 2.09. The van der Waals surface area contributed by atoms with Crippen LogP contribution >= 0.6 is 12.4 Å². The smallest absolute Gasteiger partial charge is 0.322 e. The minimum Gasteiger partial charge on any atom is -0.468 e. The fourth-order valence-corrected chi connectivity index (χ4v) is 1.09. The molecule has 3 nitrogen and oxygen atoms in total. The van der Waals surface area contributed by atoms with Crippen molar-refractivity contribution in [1.29, 1.82) is 0 Å². The fraction of sp³-hybridized carbons (Fsp3) is 0.875. The summed E-state index contributed by atoms with van der Waals surface area (Å²) in [6.07, 6.45) is 4.48. The van der Waals surface area contributed by atoms with E-state index in [9.17, 15) is 4.79 Å². The van der Waals surface area contributed by atoms with Crippen molar-refractivity contribution in [1.82, 2.24) is 0 Å². The van der Waals surface area contributed by atoms with Crippen LogP contribution in [0.2, 0.25) is 0 Å². The first-order valence-corrected chi connectivity index (χ1v) is 4.07. The Hall–Kier alpha value is -0.280. The second-order valence-electron chi connectivity index (χ2n) is 3.15. The van der Waals surface area contributed by atoms with Crippen molar-refractivity contribution in [3.8, 4) is 0 Å².